The topological polar surface area (TPSA) is 58.6 Å². The average molecular weight is 265 g/mol. The number of rotatable bonds is 8. The molecule has 0 radical (unpaired) electrons. The first-order valence-corrected chi connectivity index (χ1v) is 8.01. The molecule has 1 atom stereocenters. The Bertz CT molecular complexity index is 199. The molecule has 0 bridgehead atoms. The van der Waals surface area contributed by atoms with Gasteiger partial charge < -0.3 is 5.11 Å². The Labute approximate surface area is 104 Å². The van der Waals surface area contributed by atoms with Crippen LogP contribution in [0.5, 0.6) is 0 Å². The smallest absolute Gasteiger partial charge is 0.243 e. The Hall–Kier alpha value is 0.0900. The molecule has 1 aliphatic rings. The van der Waals surface area contributed by atoms with Crippen molar-refractivity contribution in [2.45, 2.75) is 37.4 Å². The Morgan fingerprint density at radius 1 is 1.50 bits per heavy atom. The van der Waals surface area contributed by atoms with E-state index < -0.39 is 0 Å². The molecule has 1 heterocycles. The van der Waals surface area contributed by atoms with Crippen molar-refractivity contribution >= 4 is 27.5 Å². The molecule has 0 spiro atoms. The number of carbonyl (C=O) groups is 1. The van der Waals surface area contributed by atoms with Crippen molar-refractivity contribution in [3.8, 4) is 0 Å². The number of hydrogen-bond donors (Lipinski definition) is 2. The normalized spacial score (nSPS) is 19.9. The Balaban J connectivity index is 1.87. The number of carbonyl (C=O) groups excluding carboxylic acids is 1. The molecule has 16 heavy (non-hydrogen) atoms. The molecule has 94 valence electrons. The summed E-state index contributed by atoms with van der Waals surface area (Å²) >= 11 is 0. The van der Waals surface area contributed by atoms with E-state index in [1.165, 1.54) is 18.6 Å². The maximum Gasteiger partial charge on any atom is 0.243 e. The molecule has 1 rings (SSSR count). The van der Waals surface area contributed by atoms with Crippen LogP contribution in [-0.4, -0.2) is 35.2 Å². The van der Waals surface area contributed by atoms with Gasteiger partial charge in [-0.1, -0.05) is 28.0 Å². The fraction of sp³-hybridized carbons (Fsp3) is 0.900. The highest BCUT2D eigenvalue weighted by molar-refractivity contribution is 8.77. The molecule has 0 aromatic rings. The van der Waals surface area contributed by atoms with Gasteiger partial charge in [-0.25, -0.2) is 5.48 Å². The lowest BCUT2D eigenvalue weighted by Gasteiger charge is -2.07. The standard InChI is InChI=1S/C10H19NO3S2/c12-6-7-14-11-10(13)4-2-1-3-9-5-8-15-16-9/h9,12H,1-8H2,(H,11,13)/t9-/m1/s1. The van der Waals surface area contributed by atoms with Crippen molar-refractivity contribution in [2.24, 2.45) is 0 Å². The fourth-order valence-corrected chi connectivity index (χ4v) is 4.48. The van der Waals surface area contributed by atoms with Crippen molar-refractivity contribution in [3.63, 3.8) is 0 Å². The highest BCUT2D eigenvalue weighted by Gasteiger charge is 2.15. The van der Waals surface area contributed by atoms with Crippen LogP contribution in [0.15, 0.2) is 0 Å². The van der Waals surface area contributed by atoms with Crippen LogP contribution >= 0.6 is 21.6 Å². The first kappa shape index (κ1) is 14.2. The van der Waals surface area contributed by atoms with Crippen molar-refractivity contribution in [1.82, 2.24) is 5.48 Å². The highest BCUT2D eigenvalue weighted by atomic mass is 33.1. The van der Waals surface area contributed by atoms with Gasteiger partial charge >= 0.3 is 0 Å². The van der Waals surface area contributed by atoms with Crippen LogP contribution in [0.2, 0.25) is 0 Å². The van der Waals surface area contributed by atoms with Gasteiger partial charge in [-0.15, -0.1) is 0 Å². The molecule has 0 unspecified atom stereocenters. The summed E-state index contributed by atoms with van der Waals surface area (Å²) < 4.78 is 0. The summed E-state index contributed by atoms with van der Waals surface area (Å²) in [5, 5.41) is 9.22. The third-order valence-corrected chi connectivity index (χ3v) is 5.29. The van der Waals surface area contributed by atoms with E-state index in [-0.39, 0.29) is 19.1 Å². The molecule has 4 nitrogen and oxygen atoms in total. The second-order valence-corrected chi connectivity index (χ2v) is 6.46. The largest absolute Gasteiger partial charge is 0.394 e. The molecule has 1 fully saturated rings. The van der Waals surface area contributed by atoms with E-state index in [0.29, 0.717) is 6.42 Å². The molecule has 0 aromatic carbocycles. The molecule has 6 heteroatoms. The van der Waals surface area contributed by atoms with Crippen molar-refractivity contribution in [1.29, 1.82) is 0 Å². The zero-order valence-corrected chi connectivity index (χ0v) is 10.9. The zero-order valence-electron chi connectivity index (χ0n) is 9.31. The van der Waals surface area contributed by atoms with E-state index in [1.54, 1.807) is 0 Å². The number of hydroxylamine groups is 1. The summed E-state index contributed by atoms with van der Waals surface area (Å²) in [6.45, 7) is 0.0819. The van der Waals surface area contributed by atoms with Crippen molar-refractivity contribution in [3.05, 3.63) is 0 Å². The first-order chi connectivity index (χ1) is 7.83. The first-order valence-electron chi connectivity index (χ1n) is 5.62. The predicted octanol–water partition coefficient (Wildman–Crippen LogP) is 1.74. The van der Waals surface area contributed by atoms with Crippen LogP contribution in [0, 0.1) is 0 Å². The molecule has 0 saturated carbocycles. The lowest BCUT2D eigenvalue weighted by molar-refractivity contribution is -0.134. The maximum atomic E-state index is 11.2. The van der Waals surface area contributed by atoms with E-state index in [0.717, 1.165) is 18.1 Å². The number of aliphatic hydroxyl groups excluding tert-OH is 1. The lowest BCUT2D eigenvalue weighted by atomic mass is 10.1. The summed E-state index contributed by atoms with van der Waals surface area (Å²) in [5.41, 5.74) is 2.30. The monoisotopic (exact) mass is 265 g/mol. The summed E-state index contributed by atoms with van der Waals surface area (Å²) in [6, 6.07) is 0. The van der Waals surface area contributed by atoms with Crippen LogP contribution in [0.3, 0.4) is 0 Å². The predicted molar refractivity (Wildman–Crippen MR) is 68.1 cm³/mol. The Morgan fingerprint density at radius 2 is 2.38 bits per heavy atom. The van der Waals surface area contributed by atoms with E-state index in [4.69, 9.17) is 9.94 Å². The molecular formula is C10H19NO3S2. The van der Waals surface area contributed by atoms with E-state index >= 15 is 0 Å². The minimum Gasteiger partial charge on any atom is -0.394 e. The quantitative estimate of drug-likeness (QED) is 0.398. The van der Waals surface area contributed by atoms with Gasteiger partial charge in [0, 0.05) is 17.4 Å². The van der Waals surface area contributed by atoms with Crippen LogP contribution in [0.1, 0.15) is 32.1 Å². The van der Waals surface area contributed by atoms with Gasteiger partial charge in [0.25, 0.3) is 0 Å². The number of nitrogens with one attached hydrogen (secondary N) is 1. The number of hydrogen-bond acceptors (Lipinski definition) is 5. The molecule has 1 amide bonds. The SMILES string of the molecule is O=C(CCCC[C@@H]1CCSS1)NOCCO. The van der Waals surface area contributed by atoms with Crippen molar-refractivity contribution in [2.75, 3.05) is 19.0 Å². The third-order valence-electron chi connectivity index (χ3n) is 2.29. The van der Waals surface area contributed by atoms with Gasteiger partial charge in [0.2, 0.25) is 5.91 Å². The molecule has 1 saturated heterocycles. The van der Waals surface area contributed by atoms with Gasteiger partial charge in [0.1, 0.15) is 0 Å². The molecule has 0 aliphatic carbocycles. The third kappa shape index (κ3) is 6.62. The van der Waals surface area contributed by atoms with Crippen LogP contribution in [0.25, 0.3) is 0 Å². The second-order valence-electron chi connectivity index (χ2n) is 3.67. The van der Waals surface area contributed by atoms with Gasteiger partial charge in [-0.2, -0.15) is 0 Å². The molecule has 2 N–H and O–H groups in total. The summed E-state index contributed by atoms with van der Waals surface area (Å²) in [4.78, 5) is 15.9. The van der Waals surface area contributed by atoms with Crippen LogP contribution < -0.4 is 5.48 Å². The van der Waals surface area contributed by atoms with E-state index in [1.807, 2.05) is 21.6 Å². The Kier molecular flexibility index (Phi) is 8.10. The van der Waals surface area contributed by atoms with Crippen LogP contribution in [0.4, 0.5) is 0 Å². The second kappa shape index (κ2) is 9.15. The maximum absolute atomic E-state index is 11.2. The van der Waals surface area contributed by atoms with Gasteiger partial charge in [0.15, 0.2) is 0 Å². The number of unbranched alkanes of at least 4 members (excludes halogenated alkanes) is 1. The average Bonchev–Trinajstić information content (AvgIpc) is 2.78. The minimum absolute atomic E-state index is 0.0726. The van der Waals surface area contributed by atoms with Crippen molar-refractivity contribution < 1.29 is 14.7 Å². The van der Waals surface area contributed by atoms with Gasteiger partial charge in [-0.3, -0.25) is 9.63 Å². The molecule has 1 aliphatic heterocycles. The zero-order chi connectivity index (χ0) is 11.6. The van der Waals surface area contributed by atoms with E-state index in [9.17, 15) is 4.79 Å². The molecule has 0 aromatic heterocycles. The van der Waals surface area contributed by atoms with E-state index in [2.05, 4.69) is 5.48 Å². The van der Waals surface area contributed by atoms with Gasteiger partial charge in [-0.05, 0) is 19.3 Å². The summed E-state index contributed by atoms with van der Waals surface area (Å²) in [6.07, 6.45) is 5.04. The van der Waals surface area contributed by atoms with Crippen LogP contribution in [-0.2, 0) is 9.63 Å². The molecular weight excluding hydrogens is 246 g/mol. The summed E-state index contributed by atoms with van der Waals surface area (Å²) in [7, 11) is 3.94. The fourth-order valence-electron chi connectivity index (χ4n) is 1.45. The van der Waals surface area contributed by atoms with Gasteiger partial charge in [0.05, 0.1) is 13.2 Å². The Morgan fingerprint density at radius 3 is 3.06 bits per heavy atom. The summed E-state index contributed by atoms with van der Waals surface area (Å²) in [5.74, 6) is 1.17. The highest BCUT2D eigenvalue weighted by Crippen LogP contribution is 2.39. The number of aliphatic hydroxyl groups is 1. The number of amides is 1. The minimum atomic E-state index is -0.0955. The lowest BCUT2D eigenvalue weighted by Crippen LogP contribution is -2.24.